The van der Waals surface area contributed by atoms with Gasteiger partial charge in [0.1, 0.15) is 11.9 Å². The number of nitrogens with one attached hydrogen (secondary N) is 1. The summed E-state index contributed by atoms with van der Waals surface area (Å²) in [4.78, 5) is 14.7. The van der Waals surface area contributed by atoms with Crippen LogP contribution in [-0.2, 0) is 0 Å². The van der Waals surface area contributed by atoms with Crippen LogP contribution in [0.4, 0.5) is 4.39 Å². The Balaban J connectivity index is 2.55. The van der Waals surface area contributed by atoms with E-state index in [0.717, 1.165) is 0 Å². The number of benzene rings is 1. The summed E-state index contributed by atoms with van der Waals surface area (Å²) in [6.07, 6.45) is 1.45. The standard InChI is InChI=1S/C13H8BrFN2O/c1-2-7(6-16)13(18)12-4-8-3-9(14)10(15)5-11(8)17-12/h2-5,17H,1H3/b7-2+. The van der Waals surface area contributed by atoms with Gasteiger partial charge in [-0.05, 0) is 41.1 Å². The predicted molar refractivity (Wildman–Crippen MR) is 69.7 cm³/mol. The van der Waals surface area contributed by atoms with Crippen molar-refractivity contribution >= 4 is 32.6 Å². The third-order valence-electron chi connectivity index (χ3n) is 2.56. The molecule has 0 amide bonds. The third kappa shape index (κ3) is 2.07. The summed E-state index contributed by atoms with van der Waals surface area (Å²) in [5, 5.41) is 9.51. The van der Waals surface area contributed by atoms with Gasteiger partial charge in [-0.2, -0.15) is 5.26 Å². The zero-order chi connectivity index (χ0) is 13.3. The molecule has 0 aliphatic heterocycles. The number of aromatic amines is 1. The number of aromatic nitrogens is 1. The summed E-state index contributed by atoms with van der Waals surface area (Å²) in [6.45, 7) is 1.62. The topological polar surface area (TPSA) is 56.6 Å². The highest BCUT2D eigenvalue weighted by atomic mass is 79.9. The van der Waals surface area contributed by atoms with Gasteiger partial charge >= 0.3 is 0 Å². The molecule has 0 atom stereocenters. The molecular weight excluding hydrogens is 299 g/mol. The molecule has 5 heteroatoms. The van der Waals surface area contributed by atoms with Gasteiger partial charge in [0, 0.05) is 10.9 Å². The lowest BCUT2D eigenvalue weighted by Crippen LogP contribution is -2.01. The van der Waals surface area contributed by atoms with E-state index in [4.69, 9.17) is 5.26 Å². The molecule has 0 aliphatic carbocycles. The summed E-state index contributed by atoms with van der Waals surface area (Å²) in [5.74, 6) is -0.803. The van der Waals surface area contributed by atoms with E-state index in [0.29, 0.717) is 15.4 Å². The lowest BCUT2D eigenvalue weighted by Gasteiger charge is -1.94. The fraction of sp³-hybridized carbons (Fsp3) is 0.0769. The van der Waals surface area contributed by atoms with E-state index < -0.39 is 11.6 Å². The predicted octanol–water partition coefficient (Wildman–Crippen LogP) is 3.72. The normalized spacial score (nSPS) is 11.6. The summed E-state index contributed by atoms with van der Waals surface area (Å²) >= 11 is 3.08. The van der Waals surface area contributed by atoms with Crippen LogP contribution in [0.15, 0.2) is 34.3 Å². The van der Waals surface area contributed by atoms with Crippen molar-refractivity contribution in [2.24, 2.45) is 0 Å². The Morgan fingerprint density at radius 3 is 2.83 bits per heavy atom. The van der Waals surface area contributed by atoms with Crippen LogP contribution in [0.3, 0.4) is 0 Å². The van der Waals surface area contributed by atoms with E-state index in [2.05, 4.69) is 20.9 Å². The maximum atomic E-state index is 13.3. The molecule has 0 fully saturated rings. The molecule has 0 spiro atoms. The van der Waals surface area contributed by atoms with Crippen molar-refractivity contribution in [1.82, 2.24) is 4.98 Å². The maximum absolute atomic E-state index is 13.3. The largest absolute Gasteiger partial charge is 0.352 e. The number of hydrogen-bond acceptors (Lipinski definition) is 2. The highest BCUT2D eigenvalue weighted by molar-refractivity contribution is 9.10. The van der Waals surface area contributed by atoms with Crippen molar-refractivity contribution < 1.29 is 9.18 Å². The molecule has 2 rings (SSSR count). The molecule has 1 aromatic carbocycles. The van der Waals surface area contributed by atoms with Crippen LogP contribution in [0.5, 0.6) is 0 Å². The van der Waals surface area contributed by atoms with Crippen LogP contribution in [-0.4, -0.2) is 10.8 Å². The lowest BCUT2D eigenvalue weighted by molar-refractivity contribution is 0.103. The number of hydrogen-bond donors (Lipinski definition) is 1. The van der Waals surface area contributed by atoms with Crippen molar-refractivity contribution in [2.45, 2.75) is 6.92 Å². The molecule has 0 radical (unpaired) electrons. The molecule has 0 saturated heterocycles. The number of rotatable bonds is 2. The molecule has 0 aliphatic rings. The molecule has 1 heterocycles. The smallest absolute Gasteiger partial charge is 0.219 e. The van der Waals surface area contributed by atoms with E-state index in [1.165, 1.54) is 12.1 Å². The Kier molecular flexibility index (Phi) is 3.30. The van der Waals surface area contributed by atoms with Gasteiger partial charge in [0.15, 0.2) is 0 Å². The van der Waals surface area contributed by atoms with E-state index in [-0.39, 0.29) is 11.3 Å². The van der Waals surface area contributed by atoms with Gasteiger partial charge in [0.25, 0.3) is 0 Å². The quantitative estimate of drug-likeness (QED) is 0.522. The second kappa shape index (κ2) is 4.75. The minimum absolute atomic E-state index is 0.0566. The molecule has 18 heavy (non-hydrogen) atoms. The molecule has 0 bridgehead atoms. The maximum Gasteiger partial charge on any atom is 0.219 e. The summed E-state index contributed by atoms with van der Waals surface area (Å²) in [7, 11) is 0. The van der Waals surface area contributed by atoms with E-state index in [1.54, 1.807) is 19.1 Å². The van der Waals surface area contributed by atoms with Crippen LogP contribution in [0.1, 0.15) is 17.4 Å². The lowest BCUT2D eigenvalue weighted by atomic mass is 10.1. The number of halogens is 2. The van der Waals surface area contributed by atoms with Gasteiger partial charge in [-0.1, -0.05) is 6.08 Å². The second-order valence-corrected chi connectivity index (χ2v) is 4.53. The number of ketones is 1. The minimum Gasteiger partial charge on any atom is -0.352 e. The Morgan fingerprint density at radius 1 is 1.50 bits per heavy atom. The van der Waals surface area contributed by atoms with E-state index >= 15 is 0 Å². The van der Waals surface area contributed by atoms with Gasteiger partial charge in [0.2, 0.25) is 5.78 Å². The molecule has 1 N–H and O–H groups in total. The van der Waals surface area contributed by atoms with Crippen molar-refractivity contribution in [3.8, 4) is 6.07 Å². The average Bonchev–Trinajstić information content (AvgIpc) is 2.74. The van der Waals surface area contributed by atoms with Crippen LogP contribution in [0, 0.1) is 17.1 Å². The van der Waals surface area contributed by atoms with Crippen molar-refractivity contribution in [3.05, 3.63) is 45.8 Å². The van der Waals surface area contributed by atoms with Crippen LogP contribution < -0.4 is 0 Å². The number of H-pyrrole nitrogens is 1. The average molecular weight is 307 g/mol. The molecule has 90 valence electrons. The molecule has 1 aromatic heterocycles. The fourth-order valence-electron chi connectivity index (χ4n) is 1.64. The number of allylic oxidation sites excluding steroid dienone is 2. The minimum atomic E-state index is -0.408. The summed E-state index contributed by atoms with van der Waals surface area (Å²) in [5.41, 5.74) is 0.852. The number of nitrogens with zero attached hydrogens (tertiary/aromatic N) is 1. The van der Waals surface area contributed by atoms with E-state index in [9.17, 15) is 9.18 Å². The Morgan fingerprint density at radius 2 is 2.22 bits per heavy atom. The number of Topliss-reactive ketones (excluding diaryl/α,β-unsaturated/α-hetero) is 1. The zero-order valence-corrected chi connectivity index (χ0v) is 11.0. The van der Waals surface area contributed by atoms with Crippen molar-refractivity contribution in [2.75, 3.05) is 0 Å². The number of nitriles is 1. The number of carbonyl (C=O) groups excluding carboxylic acids is 1. The van der Waals surface area contributed by atoms with Crippen LogP contribution >= 0.6 is 15.9 Å². The van der Waals surface area contributed by atoms with Crippen LogP contribution in [0.25, 0.3) is 10.9 Å². The van der Waals surface area contributed by atoms with Gasteiger partial charge < -0.3 is 4.98 Å². The first kappa shape index (κ1) is 12.5. The van der Waals surface area contributed by atoms with Crippen molar-refractivity contribution in [1.29, 1.82) is 5.26 Å². The number of carbonyl (C=O) groups is 1. The van der Waals surface area contributed by atoms with Crippen LogP contribution in [0.2, 0.25) is 0 Å². The van der Waals surface area contributed by atoms with Gasteiger partial charge in [-0.15, -0.1) is 0 Å². The first-order valence-corrected chi connectivity index (χ1v) is 5.95. The molecule has 0 unspecified atom stereocenters. The highest BCUT2D eigenvalue weighted by Crippen LogP contribution is 2.24. The summed E-state index contributed by atoms with van der Waals surface area (Å²) in [6, 6.07) is 6.31. The van der Waals surface area contributed by atoms with E-state index in [1.807, 2.05) is 6.07 Å². The molecule has 2 aromatic rings. The molecular formula is C13H8BrFN2O. The van der Waals surface area contributed by atoms with Crippen molar-refractivity contribution in [3.63, 3.8) is 0 Å². The zero-order valence-electron chi connectivity index (χ0n) is 9.42. The monoisotopic (exact) mass is 306 g/mol. The van der Waals surface area contributed by atoms with Gasteiger partial charge in [-0.25, -0.2) is 4.39 Å². The van der Waals surface area contributed by atoms with Gasteiger partial charge in [-0.3, -0.25) is 4.79 Å². The second-order valence-electron chi connectivity index (χ2n) is 3.68. The molecule has 3 nitrogen and oxygen atoms in total. The Hall–Kier alpha value is -1.93. The highest BCUT2D eigenvalue weighted by Gasteiger charge is 2.14. The van der Waals surface area contributed by atoms with Gasteiger partial charge in [0.05, 0.1) is 15.7 Å². The number of fused-ring (bicyclic) bond motifs is 1. The fourth-order valence-corrected chi connectivity index (χ4v) is 2.00. The molecule has 0 saturated carbocycles. The first-order chi connectivity index (χ1) is 8.56. The Labute approximate surface area is 111 Å². The Bertz CT molecular complexity index is 671. The SMILES string of the molecule is C/C=C(\C#N)C(=O)c1cc2cc(Br)c(F)cc2[nH]1. The first-order valence-electron chi connectivity index (χ1n) is 5.15. The third-order valence-corrected chi connectivity index (χ3v) is 3.17. The summed E-state index contributed by atoms with van der Waals surface area (Å²) < 4.78 is 13.7.